The van der Waals surface area contributed by atoms with E-state index in [-0.39, 0.29) is 5.91 Å². The topological polar surface area (TPSA) is 58.6 Å². The van der Waals surface area contributed by atoms with Crippen LogP contribution < -0.4 is 10.1 Å². The SMILES string of the molecule is COc1cccc(NC(=O)C2CCCN2/C=C/C(=O)C(F)(F)F)c1. The molecular formula is C16H17F3N2O3. The molecule has 24 heavy (non-hydrogen) atoms. The summed E-state index contributed by atoms with van der Waals surface area (Å²) in [4.78, 5) is 24.7. The maximum Gasteiger partial charge on any atom is 0.454 e. The summed E-state index contributed by atoms with van der Waals surface area (Å²) in [5.41, 5.74) is 0.529. The Labute approximate surface area is 137 Å². The van der Waals surface area contributed by atoms with Crippen LogP contribution in [0.5, 0.6) is 5.75 Å². The average Bonchev–Trinajstić information content (AvgIpc) is 3.00. The van der Waals surface area contributed by atoms with Crippen LogP contribution in [0.25, 0.3) is 0 Å². The zero-order valence-corrected chi connectivity index (χ0v) is 13.0. The minimum Gasteiger partial charge on any atom is -0.497 e. The molecule has 0 bridgehead atoms. The predicted octanol–water partition coefficient (Wildman–Crippen LogP) is 2.74. The number of hydrogen-bond donors (Lipinski definition) is 1. The fraction of sp³-hybridized carbons (Fsp3) is 0.375. The van der Waals surface area contributed by atoms with E-state index < -0.39 is 18.0 Å². The van der Waals surface area contributed by atoms with E-state index in [9.17, 15) is 22.8 Å². The molecule has 1 aliphatic rings. The van der Waals surface area contributed by atoms with E-state index in [1.54, 1.807) is 24.3 Å². The average molecular weight is 342 g/mol. The molecule has 0 aromatic heterocycles. The van der Waals surface area contributed by atoms with Gasteiger partial charge in [-0.3, -0.25) is 9.59 Å². The molecule has 0 spiro atoms. The minimum atomic E-state index is -4.91. The summed E-state index contributed by atoms with van der Waals surface area (Å²) in [5, 5.41) is 2.70. The molecular weight excluding hydrogens is 325 g/mol. The van der Waals surface area contributed by atoms with E-state index in [4.69, 9.17) is 4.74 Å². The van der Waals surface area contributed by atoms with Gasteiger partial charge in [-0.25, -0.2) is 0 Å². The van der Waals surface area contributed by atoms with Crippen molar-refractivity contribution in [2.24, 2.45) is 0 Å². The molecule has 0 aliphatic carbocycles. The Morgan fingerprint density at radius 1 is 1.38 bits per heavy atom. The number of nitrogens with one attached hydrogen (secondary N) is 1. The van der Waals surface area contributed by atoms with Crippen molar-refractivity contribution in [3.05, 3.63) is 36.5 Å². The normalized spacial score (nSPS) is 18.0. The standard InChI is InChI=1S/C16H17F3N2O3/c1-24-12-5-2-4-11(10-12)20-15(23)13-6-3-8-21(13)9-7-14(22)16(17,18)19/h2,4-5,7,9-10,13H,3,6,8H2,1H3,(H,20,23)/b9-7+. The lowest BCUT2D eigenvalue weighted by Gasteiger charge is -2.22. The van der Waals surface area contributed by atoms with Gasteiger partial charge in [0.25, 0.3) is 5.78 Å². The molecule has 1 aromatic rings. The van der Waals surface area contributed by atoms with E-state index in [0.29, 0.717) is 36.9 Å². The van der Waals surface area contributed by atoms with E-state index in [1.165, 1.54) is 12.0 Å². The Balaban J connectivity index is 2.02. The number of allylic oxidation sites excluding steroid dienone is 1. The second-order valence-corrected chi connectivity index (χ2v) is 5.29. The van der Waals surface area contributed by atoms with Crippen LogP contribution in [-0.4, -0.2) is 42.5 Å². The number of alkyl halides is 3. The minimum absolute atomic E-state index is 0.343. The molecule has 0 radical (unpaired) electrons. The highest BCUT2D eigenvalue weighted by Crippen LogP contribution is 2.22. The van der Waals surface area contributed by atoms with Crippen molar-refractivity contribution in [1.82, 2.24) is 4.90 Å². The summed E-state index contributed by atoms with van der Waals surface area (Å²) in [6.45, 7) is 0.415. The Bertz CT molecular complexity index is 644. The van der Waals surface area contributed by atoms with Gasteiger partial charge in [0.15, 0.2) is 0 Å². The summed E-state index contributed by atoms with van der Waals surface area (Å²) in [7, 11) is 1.50. The van der Waals surface area contributed by atoms with Crippen LogP contribution in [0.4, 0.5) is 18.9 Å². The first-order valence-electron chi connectivity index (χ1n) is 7.31. The molecule has 1 amide bonds. The van der Waals surface area contributed by atoms with E-state index in [1.807, 2.05) is 0 Å². The van der Waals surface area contributed by atoms with Crippen molar-refractivity contribution in [2.45, 2.75) is 25.1 Å². The number of methoxy groups -OCH3 is 1. The fourth-order valence-corrected chi connectivity index (χ4v) is 2.43. The van der Waals surface area contributed by atoms with Crippen molar-refractivity contribution < 1.29 is 27.5 Å². The van der Waals surface area contributed by atoms with Crippen LogP contribution in [0.15, 0.2) is 36.5 Å². The van der Waals surface area contributed by atoms with Gasteiger partial charge in [0.2, 0.25) is 5.91 Å². The first-order valence-corrected chi connectivity index (χ1v) is 7.31. The van der Waals surface area contributed by atoms with Crippen LogP contribution in [0.1, 0.15) is 12.8 Å². The zero-order valence-electron chi connectivity index (χ0n) is 13.0. The number of halogens is 3. The monoisotopic (exact) mass is 342 g/mol. The lowest BCUT2D eigenvalue weighted by Crippen LogP contribution is -2.36. The summed E-state index contributed by atoms with van der Waals surface area (Å²) in [6.07, 6.45) is -2.26. The van der Waals surface area contributed by atoms with Crippen molar-refractivity contribution in [2.75, 3.05) is 19.0 Å². The molecule has 5 nitrogen and oxygen atoms in total. The number of hydrogen-bond acceptors (Lipinski definition) is 4. The van der Waals surface area contributed by atoms with Crippen molar-refractivity contribution >= 4 is 17.4 Å². The highest BCUT2D eigenvalue weighted by molar-refractivity contribution is 5.96. The summed E-state index contributed by atoms with van der Waals surface area (Å²) in [5.74, 6) is -1.71. The van der Waals surface area contributed by atoms with Crippen LogP contribution in [-0.2, 0) is 9.59 Å². The summed E-state index contributed by atoms with van der Waals surface area (Å²) >= 11 is 0. The molecule has 130 valence electrons. The van der Waals surface area contributed by atoms with Crippen LogP contribution >= 0.6 is 0 Å². The van der Waals surface area contributed by atoms with Gasteiger partial charge >= 0.3 is 6.18 Å². The number of rotatable bonds is 5. The Hall–Kier alpha value is -2.51. The molecule has 1 N–H and O–H groups in total. The second kappa shape index (κ2) is 7.37. The van der Waals surface area contributed by atoms with E-state index >= 15 is 0 Å². The second-order valence-electron chi connectivity index (χ2n) is 5.29. The summed E-state index contributed by atoms with van der Waals surface area (Å²) in [6, 6.07) is 6.14. The van der Waals surface area contributed by atoms with Gasteiger partial charge in [0.1, 0.15) is 11.8 Å². The van der Waals surface area contributed by atoms with Crippen LogP contribution in [0.3, 0.4) is 0 Å². The predicted molar refractivity (Wildman–Crippen MR) is 81.6 cm³/mol. The van der Waals surface area contributed by atoms with Crippen molar-refractivity contribution in [3.8, 4) is 5.75 Å². The van der Waals surface area contributed by atoms with Gasteiger partial charge in [0.05, 0.1) is 7.11 Å². The Kier molecular flexibility index (Phi) is 5.48. The van der Waals surface area contributed by atoms with Gasteiger partial charge in [-0.2, -0.15) is 13.2 Å². The molecule has 1 aromatic carbocycles. The molecule has 8 heteroatoms. The molecule has 1 unspecified atom stereocenters. The quantitative estimate of drug-likeness (QED) is 0.836. The number of benzene rings is 1. The molecule has 1 fully saturated rings. The zero-order chi connectivity index (χ0) is 17.7. The Morgan fingerprint density at radius 3 is 2.79 bits per heavy atom. The number of carbonyl (C=O) groups is 2. The first kappa shape index (κ1) is 17.8. The number of ketones is 1. The number of likely N-dealkylation sites (tertiary alicyclic amines) is 1. The molecule has 1 aliphatic heterocycles. The highest BCUT2D eigenvalue weighted by Gasteiger charge is 2.37. The smallest absolute Gasteiger partial charge is 0.454 e. The third kappa shape index (κ3) is 4.50. The van der Waals surface area contributed by atoms with Gasteiger partial charge in [0, 0.05) is 30.6 Å². The molecule has 1 heterocycles. The first-order chi connectivity index (χ1) is 11.3. The number of anilines is 1. The maximum absolute atomic E-state index is 12.3. The fourth-order valence-electron chi connectivity index (χ4n) is 2.43. The number of carbonyl (C=O) groups excluding carboxylic acids is 2. The lowest BCUT2D eigenvalue weighted by atomic mass is 10.2. The van der Waals surface area contributed by atoms with E-state index in [0.717, 1.165) is 6.20 Å². The van der Waals surface area contributed by atoms with Gasteiger partial charge < -0.3 is 15.0 Å². The van der Waals surface area contributed by atoms with Gasteiger partial charge in [-0.05, 0) is 25.0 Å². The van der Waals surface area contributed by atoms with E-state index in [2.05, 4.69) is 5.32 Å². The van der Waals surface area contributed by atoms with Gasteiger partial charge in [-0.15, -0.1) is 0 Å². The highest BCUT2D eigenvalue weighted by atomic mass is 19.4. The number of ether oxygens (including phenoxy) is 1. The molecule has 1 atom stereocenters. The van der Waals surface area contributed by atoms with Crippen LogP contribution in [0.2, 0.25) is 0 Å². The summed E-state index contributed by atoms with van der Waals surface area (Å²) < 4.78 is 41.7. The largest absolute Gasteiger partial charge is 0.497 e. The van der Waals surface area contributed by atoms with Crippen molar-refractivity contribution in [1.29, 1.82) is 0 Å². The number of nitrogens with zero attached hydrogens (tertiary/aromatic N) is 1. The molecule has 0 saturated carbocycles. The number of amides is 1. The lowest BCUT2D eigenvalue weighted by molar-refractivity contribution is -0.165. The van der Waals surface area contributed by atoms with Crippen molar-refractivity contribution in [3.63, 3.8) is 0 Å². The third-order valence-electron chi connectivity index (χ3n) is 3.63. The molecule has 2 rings (SSSR count). The molecule has 1 saturated heterocycles. The van der Waals surface area contributed by atoms with Gasteiger partial charge in [-0.1, -0.05) is 6.07 Å². The third-order valence-corrected chi connectivity index (χ3v) is 3.63. The van der Waals surface area contributed by atoms with Crippen LogP contribution in [0, 0.1) is 0 Å². The Morgan fingerprint density at radius 2 is 2.12 bits per heavy atom. The maximum atomic E-state index is 12.3.